The molecule has 0 bridgehead atoms. The molecular formula is C20H20N4O6. The molecule has 0 aliphatic rings. The van der Waals surface area contributed by atoms with Gasteiger partial charge in [-0.1, -0.05) is 25.5 Å². The third-order valence-electron chi connectivity index (χ3n) is 4.15. The molecule has 0 unspecified atom stereocenters. The summed E-state index contributed by atoms with van der Waals surface area (Å²) >= 11 is 0. The molecule has 0 radical (unpaired) electrons. The van der Waals surface area contributed by atoms with Crippen molar-refractivity contribution in [3.63, 3.8) is 0 Å². The van der Waals surface area contributed by atoms with Crippen LogP contribution in [0, 0.1) is 0 Å². The molecule has 3 aromatic rings. The van der Waals surface area contributed by atoms with Gasteiger partial charge in [0.25, 0.3) is 17.8 Å². The van der Waals surface area contributed by atoms with Gasteiger partial charge in [-0.15, -0.1) is 0 Å². The van der Waals surface area contributed by atoms with Crippen molar-refractivity contribution >= 4 is 23.8 Å². The van der Waals surface area contributed by atoms with Crippen LogP contribution in [0.4, 0.5) is 10.6 Å². The Bertz CT molecular complexity index is 1070. The van der Waals surface area contributed by atoms with Crippen molar-refractivity contribution in [3.05, 3.63) is 64.8 Å². The van der Waals surface area contributed by atoms with Crippen molar-refractivity contribution < 1.29 is 28.6 Å². The Hall–Kier alpha value is -4.08. The first-order valence-electron chi connectivity index (χ1n) is 9.14. The zero-order chi connectivity index (χ0) is 21.7. The van der Waals surface area contributed by atoms with Gasteiger partial charge in [-0.05, 0) is 30.2 Å². The van der Waals surface area contributed by atoms with Crippen LogP contribution in [0.5, 0.6) is 5.95 Å². The number of anilines is 1. The first-order chi connectivity index (χ1) is 14.4. The van der Waals surface area contributed by atoms with Crippen molar-refractivity contribution in [1.82, 2.24) is 9.97 Å². The number of nitrogens with zero attached hydrogens (tertiary/aromatic N) is 1. The summed E-state index contributed by atoms with van der Waals surface area (Å²) in [5.41, 5.74) is 6.78. The number of carbonyl (C=O) groups excluding carboxylic acids is 2. The van der Waals surface area contributed by atoms with Gasteiger partial charge in [0.1, 0.15) is 17.4 Å². The molecule has 0 saturated heterocycles. The van der Waals surface area contributed by atoms with Crippen LogP contribution in [0.2, 0.25) is 0 Å². The van der Waals surface area contributed by atoms with E-state index in [-0.39, 0.29) is 29.7 Å². The highest BCUT2D eigenvalue weighted by atomic mass is 16.7. The van der Waals surface area contributed by atoms with E-state index in [9.17, 15) is 14.4 Å². The van der Waals surface area contributed by atoms with Gasteiger partial charge in [-0.3, -0.25) is 9.59 Å². The van der Waals surface area contributed by atoms with Gasteiger partial charge >= 0.3 is 6.16 Å². The smallest absolute Gasteiger partial charge is 0.449 e. The lowest BCUT2D eigenvalue weighted by atomic mass is 10.1. The number of ether oxygens (including phenoxy) is 1. The number of hydrogen-bond donors (Lipinski definition) is 4. The third-order valence-corrected chi connectivity index (χ3v) is 4.15. The zero-order valence-electron chi connectivity index (χ0n) is 16.1. The fourth-order valence-electron chi connectivity index (χ4n) is 2.83. The van der Waals surface area contributed by atoms with E-state index in [2.05, 4.69) is 26.9 Å². The summed E-state index contributed by atoms with van der Waals surface area (Å²) in [6.07, 6.45) is 0.510. The van der Waals surface area contributed by atoms with E-state index in [1.807, 2.05) is 12.1 Å². The SMILES string of the molecule is CCCc1ccc(C(=O)Nc2[nH]c(Cc3ccc(OC(=O)O)o3)nc2C(N)=O)cc1. The fraction of sp³-hybridized carbons (Fsp3) is 0.200. The summed E-state index contributed by atoms with van der Waals surface area (Å²) in [6, 6.07) is 9.99. The number of benzene rings is 1. The van der Waals surface area contributed by atoms with Gasteiger partial charge in [0.2, 0.25) is 0 Å². The normalized spacial score (nSPS) is 10.6. The molecular weight excluding hydrogens is 392 g/mol. The molecule has 3 rings (SSSR count). The maximum atomic E-state index is 12.5. The number of rotatable bonds is 8. The Kier molecular flexibility index (Phi) is 6.16. The molecule has 10 nitrogen and oxygen atoms in total. The second-order valence-corrected chi connectivity index (χ2v) is 6.44. The largest absolute Gasteiger partial charge is 0.513 e. The molecule has 2 amide bonds. The average Bonchev–Trinajstić information content (AvgIpc) is 3.29. The molecule has 2 aromatic heterocycles. The number of aromatic nitrogens is 2. The van der Waals surface area contributed by atoms with Gasteiger partial charge in [-0.2, -0.15) is 0 Å². The zero-order valence-corrected chi connectivity index (χ0v) is 16.1. The Balaban J connectivity index is 1.75. The molecule has 0 atom stereocenters. The summed E-state index contributed by atoms with van der Waals surface area (Å²) in [5, 5.41) is 11.2. The summed E-state index contributed by atoms with van der Waals surface area (Å²) in [7, 11) is 0. The highest BCUT2D eigenvalue weighted by Crippen LogP contribution is 2.21. The maximum absolute atomic E-state index is 12.5. The van der Waals surface area contributed by atoms with Crippen molar-refractivity contribution in [2.24, 2.45) is 5.73 Å². The predicted octanol–water partition coefficient (Wildman–Crippen LogP) is 2.95. The quantitative estimate of drug-likeness (QED) is 0.414. The third kappa shape index (κ3) is 5.04. The van der Waals surface area contributed by atoms with Gasteiger partial charge in [-0.25, -0.2) is 9.78 Å². The monoisotopic (exact) mass is 412 g/mol. The van der Waals surface area contributed by atoms with E-state index in [4.69, 9.17) is 15.3 Å². The Morgan fingerprint density at radius 1 is 1.20 bits per heavy atom. The van der Waals surface area contributed by atoms with E-state index < -0.39 is 18.0 Å². The van der Waals surface area contributed by atoms with E-state index in [1.54, 1.807) is 12.1 Å². The Labute approximate surface area is 171 Å². The molecule has 0 aliphatic carbocycles. The Morgan fingerprint density at radius 3 is 2.57 bits per heavy atom. The number of aromatic amines is 1. The number of H-pyrrole nitrogens is 1. The number of furan rings is 1. The first kappa shape index (κ1) is 20.6. The number of hydrogen-bond acceptors (Lipinski definition) is 6. The summed E-state index contributed by atoms with van der Waals surface area (Å²) in [5.74, 6) is -0.756. The predicted molar refractivity (Wildman–Crippen MR) is 106 cm³/mol. The first-order valence-corrected chi connectivity index (χ1v) is 9.14. The molecule has 0 spiro atoms. The molecule has 156 valence electrons. The lowest BCUT2D eigenvalue weighted by molar-refractivity contribution is 0.0996. The molecule has 0 fully saturated rings. The van der Waals surface area contributed by atoms with Crippen molar-refractivity contribution in [1.29, 1.82) is 0 Å². The van der Waals surface area contributed by atoms with Gasteiger partial charge in [0.15, 0.2) is 5.69 Å². The maximum Gasteiger partial charge on any atom is 0.513 e. The number of primary amides is 1. The van der Waals surface area contributed by atoms with E-state index >= 15 is 0 Å². The number of nitrogens with one attached hydrogen (secondary N) is 2. The minimum atomic E-state index is -1.50. The summed E-state index contributed by atoms with van der Waals surface area (Å²) < 4.78 is 9.64. The van der Waals surface area contributed by atoms with Crippen LogP contribution in [0.3, 0.4) is 0 Å². The number of carboxylic acid groups (broad SMARTS) is 1. The van der Waals surface area contributed by atoms with E-state index in [0.717, 1.165) is 18.4 Å². The molecule has 0 saturated carbocycles. The highest BCUT2D eigenvalue weighted by molar-refractivity contribution is 6.07. The molecule has 5 N–H and O–H groups in total. The van der Waals surface area contributed by atoms with Crippen LogP contribution in [0.1, 0.15) is 51.3 Å². The van der Waals surface area contributed by atoms with Crippen LogP contribution in [-0.2, 0) is 12.8 Å². The number of amides is 2. The van der Waals surface area contributed by atoms with Gasteiger partial charge in [0, 0.05) is 11.6 Å². The van der Waals surface area contributed by atoms with Crippen LogP contribution in [0.25, 0.3) is 0 Å². The van der Waals surface area contributed by atoms with Crippen molar-refractivity contribution in [3.8, 4) is 5.95 Å². The topological polar surface area (TPSA) is 161 Å². The average molecular weight is 412 g/mol. The van der Waals surface area contributed by atoms with E-state index in [0.29, 0.717) is 11.3 Å². The summed E-state index contributed by atoms with van der Waals surface area (Å²) in [6.45, 7) is 2.07. The molecule has 10 heteroatoms. The molecule has 2 heterocycles. The molecule has 0 aliphatic heterocycles. The minimum Gasteiger partial charge on any atom is -0.449 e. The van der Waals surface area contributed by atoms with E-state index in [1.165, 1.54) is 12.1 Å². The van der Waals surface area contributed by atoms with Crippen LogP contribution in [-0.4, -0.2) is 33.0 Å². The number of imidazole rings is 1. The van der Waals surface area contributed by atoms with Gasteiger partial charge < -0.3 is 30.3 Å². The molecule has 30 heavy (non-hydrogen) atoms. The second-order valence-electron chi connectivity index (χ2n) is 6.44. The van der Waals surface area contributed by atoms with Crippen LogP contribution >= 0.6 is 0 Å². The standard InChI is InChI=1S/C20H20N4O6/c1-2-3-11-4-6-12(7-5-11)19(26)24-18-16(17(21)25)22-14(23-18)10-13-8-9-15(29-13)30-20(27)28/h4-9H,2-3,10H2,1H3,(H2,21,25)(H,22,23)(H,24,26)(H,27,28). The lowest BCUT2D eigenvalue weighted by Crippen LogP contribution is -2.18. The highest BCUT2D eigenvalue weighted by Gasteiger charge is 2.19. The van der Waals surface area contributed by atoms with Crippen LogP contribution in [0.15, 0.2) is 40.8 Å². The minimum absolute atomic E-state index is 0.0636. The second kappa shape index (κ2) is 8.95. The number of carbonyl (C=O) groups is 3. The van der Waals surface area contributed by atoms with Crippen molar-refractivity contribution in [2.75, 3.05) is 5.32 Å². The van der Waals surface area contributed by atoms with Crippen molar-refractivity contribution in [2.45, 2.75) is 26.2 Å². The van der Waals surface area contributed by atoms with Gasteiger partial charge in [0.05, 0.1) is 6.42 Å². The molecule has 1 aromatic carbocycles. The number of aryl methyl sites for hydroxylation is 1. The fourth-order valence-corrected chi connectivity index (χ4v) is 2.83. The number of nitrogens with two attached hydrogens (primary N) is 1. The summed E-state index contributed by atoms with van der Waals surface area (Å²) in [4.78, 5) is 41.7. The Morgan fingerprint density at radius 2 is 1.93 bits per heavy atom. The van der Waals surface area contributed by atoms with Crippen LogP contribution < -0.4 is 15.8 Å². The lowest BCUT2D eigenvalue weighted by Gasteiger charge is -2.05.